The molecule has 6 nitrogen and oxygen atoms in total. The molecule has 0 fully saturated rings. The third-order valence-electron chi connectivity index (χ3n) is 1.70. The lowest BCUT2D eigenvalue weighted by molar-refractivity contribution is -0.727. The summed E-state index contributed by atoms with van der Waals surface area (Å²) >= 11 is 0. The van der Waals surface area contributed by atoms with Gasteiger partial charge in [0.15, 0.2) is 0 Å². The van der Waals surface area contributed by atoms with Crippen molar-refractivity contribution < 1.29 is 14.7 Å². The first-order chi connectivity index (χ1) is 6.52. The highest BCUT2D eigenvalue weighted by Gasteiger charge is 2.14. The molecule has 0 aliphatic rings. The third kappa shape index (κ3) is 1.98. The van der Waals surface area contributed by atoms with Crippen molar-refractivity contribution >= 4 is 11.7 Å². The number of carbonyl (C=O) groups is 1. The van der Waals surface area contributed by atoms with Gasteiger partial charge in [0.05, 0.1) is 5.56 Å². The average molecular weight is 196 g/mol. The van der Waals surface area contributed by atoms with Crippen molar-refractivity contribution in [3.05, 3.63) is 39.4 Å². The van der Waals surface area contributed by atoms with Crippen molar-refractivity contribution in [1.82, 2.24) is 0 Å². The topological polar surface area (TPSA) is 95.5 Å². The minimum Gasteiger partial charge on any atom is -0.398 e. The van der Waals surface area contributed by atoms with Crippen molar-refractivity contribution in [2.24, 2.45) is 0 Å². The fraction of sp³-hybridized carbons (Fsp3) is 0.125. The van der Waals surface area contributed by atoms with Gasteiger partial charge in [0.1, 0.15) is 0 Å². The van der Waals surface area contributed by atoms with Crippen molar-refractivity contribution in [2.45, 2.75) is 6.92 Å². The summed E-state index contributed by atoms with van der Waals surface area (Å²) in [6.45, 7) is 1.69. The monoisotopic (exact) mass is 196 g/mol. The first kappa shape index (κ1) is 9.97. The maximum Gasteiger partial charge on any atom is 0.336 e. The van der Waals surface area contributed by atoms with Gasteiger partial charge < -0.3 is 5.73 Å². The number of aryl methyl sites for hydroxylation is 1. The maximum atomic E-state index is 11.1. The van der Waals surface area contributed by atoms with Crippen LogP contribution < -0.4 is 5.73 Å². The molecule has 74 valence electrons. The molecule has 0 amide bonds. The first-order valence-corrected chi connectivity index (χ1v) is 3.74. The van der Waals surface area contributed by atoms with Crippen LogP contribution in [0.15, 0.2) is 18.2 Å². The van der Waals surface area contributed by atoms with Crippen LogP contribution in [0, 0.1) is 17.0 Å². The van der Waals surface area contributed by atoms with Crippen LogP contribution >= 0.6 is 0 Å². The Morgan fingerprint density at radius 3 is 2.79 bits per heavy atom. The number of rotatable bonds is 2. The summed E-state index contributed by atoms with van der Waals surface area (Å²) in [7, 11) is 0. The zero-order valence-corrected chi connectivity index (χ0v) is 7.39. The highest BCUT2D eigenvalue weighted by atomic mass is 17.0. The van der Waals surface area contributed by atoms with E-state index in [1.165, 1.54) is 6.07 Å². The summed E-state index contributed by atoms with van der Waals surface area (Å²) in [5.41, 5.74) is 6.40. The quantitative estimate of drug-likeness (QED) is 0.431. The smallest absolute Gasteiger partial charge is 0.336 e. The highest BCUT2D eigenvalue weighted by molar-refractivity contribution is 5.95. The second-order valence-corrected chi connectivity index (χ2v) is 2.64. The zero-order valence-electron chi connectivity index (χ0n) is 7.39. The summed E-state index contributed by atoms with van der Waals surface area (Å²) in [5.74, 6) is -1.06. The van der Waals surface area contributed by atoms with Crippen LogP contribution in [-0.2, 0) is 4.84 Å². The number of anilines is 1. The Morgan fingerprint density at radius 2 is 2.21 bits per heavy atom. The molecule has 0 aliphatic heterocycles. The van der Waals surface area contributed by atoms with Crippen molar-refractivity contribution in [3.8, 4) is 0 Å². The summed E-state index contributed by atoms with van der Waals surface area (Å²) in [6, 6.07) is 4.63. The van der Waals surface area contributed by atoms with Gasteiger partial charge in [-0.1, -0.05) is 12.1 Å². The average Bonchev–Trinajstić information content (AvgIpc) is 2.08. The normalized spacial score (nSPS) is 9.50. The molecule has 14 heavy (non-hydrogen) atoms. The Labute approximate surface area is 79.4 Å². The molecule has 0 aromatic heterocycles. The van der Waals surface area contributed by atoms with Gasteiger partial charge in [-0.15, -0.1) is 10.1 Å². The van der Waals surface area contributed by atoms with Gasteiger partial charge in [-0.25, -0.2) is 4.84 Å². The van der Waals surface area contributed by atoms with Crippen LogP contribution in [-0.4, -0.2) is 11.1 Å². The molecule has 0 saturated carbocycles. The molecule has 0 unspecified atom stereocenters. The van der Waals surface area contributed by atoms with E-state index in [9.17, 15) is 14.9 Å². The summed E-state index contributed by atoms with van der Waals surface area (Å²) < 4.78 is 0. The molecular weight excluding hydrogens is 188 g/mol. The van der Waals surface area contributed by atoms with Gasteiger partial charge in [-0.2, -0.15) is 0 Å². The van der Waals surface area contributed by atoms with Crippen molar-refractivity contribution in [3.63, 3.8) is 0 Å². The molecule has 1 aromatic rings. The standard InChI is InChI=1S/C8H8N2O4/c1-5-3-2-4-6(7(5)9)8(11)14-10(12)13/h2-4H,9H2,1H3. The number of para-hydroxylation sites is 1. The SMILES string of the molecule is Cc1cccc(C(=O)O[N+](=O)[O-])c1N. The van der Waals surface area contributed by atoms with Gasteiger partial charge in [0.25, 0.3) is 0 Å². The van der Waals surface area contributed by atoms with E-state index in [0.717, 1.165) is 0 Å². The van der Waals surface area contributed by atoms with Gasteiger partial charge in [-0.3, -0.25) is 4.79 Å². The third-order valence-corrected chi connectivity index (χ3v) is 1.70. The number of hydrogen-bond acceptors (Lipinski definition) is 5. The molecule has 6 heteroatoms. The maximum absolute atomic E-state index is 11.1. The molecule has 0 bridgehead atoms. The number of nitrogens with two attached hydrogens (primary N) is 1. The fourth-order valence-electron chi connectivity index (χ4n) is 0.976. The molecule has 0 saturated heterocycles. The molecule has 0 spiro atoms. The summed E-state index contributed by atoms with van der Waals surface area (Å²) in [4.78, 5) is 24.8. The van der Waals surface area contributed by atoms with E-state index in [0.29, 0.717) is 5.56 Å². The van der Waals surface area contributed by atoms with Crippen LogP contribution in [0.5, 0.6) is 0 Å². The van der Waals surface area contributed by atoms with Crippen LogP contribution in [0.3, 0.4) is 0 Å². The molecule has 0 atom stereocenters. The number of carbonyl (C=O) groups excluding carboxylic acids is 1. The fourth-order valence-corrected chi connectivity index (χ4v) is 0.976. The Bertz CT molecular complexity index is 389. The van der Waals surface area contributed by atoms with Gasteiger partial charge in [0, 0.05) is 5.69 Å². The Hall–Kier alpha value is -2.11. The minimum atomic E-state index is -1.16. The number of benzene rings is 1. The Kier molecular flexibility index (Phi) is 2.66. The number of nitrogen functional groups attached to an aromatic ring is 1. The van der Waals surface area contributed by atoms with Crippen LogP contribution in [0.1, 0.15) is 15.9 Å². The molecule has 1 rings (SSSR count). The molecule has 0 heterocycles. The van der Waals surface area contributed by atoms with E-state index in [-0.39, 0.29) is 11.3 Å². The minimum absolute atomic E-state index is 0.00157. The summed E-state index contributed by atoms with van der Waals surface area (Å²) in [5, 5.41) is 8.74. The number of nitrogens with zero attached hydrogens (tertiary/aromatic N) is 1. The molecule has 2 N–H and O–H groups in total. The largest absolute Gasteiger partial charge is 0.398 e. The molecule has 0 aliphatic carbocycles. The lowest BCUT2D eigenvalue weighted by Gasteiger charge is -2.04. The predicted molar refractivity (Wildman–Crippen MR) is 48.0 cm³/mol. The van der Waals surface area contributed by atoms with Crippen LogP contribution in [0.2, 0.25) is 0 Å². The first-order valence-electron chi connectivity index (χ1n) is 3.74. The van der Waals surface area contributed by atoms with Gasteiger partial charge >= 0.3 is 11.1 Å². The van der Waals surface area contributed by atoms with E-state index in [1.807, 2.05) is 0 Å². The van der Waals surface area contributed by atoms with E-state index in [1.54, 1.807) is 19.1 Å². The van der Waals surface area contributed by atoms with Crippen LogP contribution in [0.4, 0.5) is 5.69 Å². The zero-order chi connectivity index (χ0) is 10.7. The van der Waals surface area contributed by atoms with E-state index >= 15 is 0 Å². The van der Waals surface area contributed by atoms with E-state index < -0.39 is 11.1 Å². The van der Waals surface area contributed by atoms with Crippen LogP contribution in [0.25, 0.3) is 0 Å². The van der Waals surface area contributed by atoms with Crippen molar-refractivity contribution in [1.29, 1.82) is 0 Å². The molecule has 1 aromatic carbocycles. The van der Waals surface area contributed by atoms with Gasteiger partial charge in [0.2, 0.25) is 0 Å². The number of hydrogen-bond donors (Lipinski definition) is 1. The van der Waals surface area contributed by atoms with E-state index in [2.05, 4.69) is 4.84 Å². The Morgan fingerprint density at radius 1 is 1.57 bits per heavy atom. The summed E-state index contributed by atoms with van der Waals surface area (Å²) in [6.07, 6.45) is 0. The van der Waals surface area contributed by atoms with Gasteiger partial charge in [-0.05, 0) is 18.6 Å². The highest BCUT2D eigenvalue weighted by Crippen LogP contribution is 2.17. The lowest BCUT2D eigenvalue weighted by atomic mass is 10.1. The van der Waals surface area contributed by atoms with E-state index in [4.69, 9.17) is 5.73 Å². The Balaban J connectivity index is 3.01. The molecular formula is C8H8N2O4. The lowest BCUT2D eigenvalue weighted by Crippen LogP contribution is -2.12. The predicted octanol–water partition coefficient (Wildman–Crippen LogP) is 0.926. The van der Waals surface area contributed by atoms with Crippen molar-refractivity contribution in [2.75, 3.05) is 5.73 Å². The molecule has 0 radical (unpaired) electrons. The second-order valence-electron chi connectivity index (χ2n) is 2.64. The second kappa shape index (κ2) is 3.73.